The Bertz CT molecular complexity index is 687. The van der Waals surface area contributed by atoms with E-state index in [-0.39, 0.29) is 22.8 Å². The third kappa shape index (κ3) is 2.45. The predicted molar refractivity (Wildman–Crippen MR) is 79.7 cm³/mol. The number of carbonyl (C=O) groups is 1. The van der Waals surface area contributed by atoms with Gasteiger partial charge in [-0.05, 0) is 37.6 Å². The molecule has 114 valence electrons. The van der Waals surface area contributed by atoms with Crippen LogP contribution in [-0.4, -0.2) is 44.3 Å². The van der Waals surface area contributed by atoms with Gasteiger partial charge in [-0.2, -0.15) is 4.31 Å². The zero-order chi connectivity index (χ0) is 15.2. The van der Waals surface area contributed by atoms with E-state index in [1.165, 1.54) is 4.31 Å². The van der Waals surface area contributed by atoms with Gasteiger partial charge in [-0.1, -0.05) is 0 Å². The van der Waals surface area contributed by atoms with Crippen molar-refractivity contribution in [2.24, 2.45) is 0 Å². The van der Waals surface area contributed by atoms with E-state index in [0.717, 1.165) is 5.56 Å². The normalized spacial score (nSPS) is 26.5. The summed E-state index contributed by atoms with van der Waals surface area (Å²) in [5.41, 5.74) is 1.46. The molecule has 2 heterocycles. The van der Waals surface area contributed by atoms with E-state index >= 15 is 0 Å². The Morgan fingerprint density at radius 2 is 2.05 bits per heavy atom. The first-order valence-corrected chi connectivity index (χ1v) is 8.52. The van der Waals surface area contributed by atoms with Crippen LogP contribution in [-0.2, 0) is 14.8 Å². The maximum Gasteiger partial charge on any atom is 0.243 e. The number of rotatable bonds is 2. The molecule has 0 aromatic heterocycles. The highest BCUT2D eigenvalue weighted by Crippen LogP contribution is 2.34. The average molecular weight is 309 g/mol. The monoisotopic (exact) mass is 309 g/mol. The van der Waals surface area contributed by atoms with Crippen LogP contribution in [0.4, 0.5) is 5.69 Å². The Morgan fingerprint density at radius 3 is 2.76 bits per heavy atom. The van der Waals surface area contributed by atoms with E-state index in [1.54, 1.807) is 25.1 Å². The van der Waals surface area contributed by atoms with Gasteiger partial charge in [0.1, 0.15) is 0 Å². The van der Waals surface area contributed by atoms with Crippen LogP contribution in [0.25, 0.3) is 0 Å². The summed E-state index contributed by atoms with van der Waals surface area (Å²) in [7, 11) is -3.50. The van der Waals surface area contributed by atoms with Gasteiger partial charge in [0.2, 0.25) is 15.9 Å². The topological polar surface area (TPSA) is 78.5 Å². The molecule has 0 spiro atoms. The number of benzene rings is 1. The van der Waals surface area contributed by atoms with Crippen molar-refractivity contribution in [2.45, 2.75) is 30.7 Å². The van der Waals surface area contributed by atoms with Gasteiger partial charge in [-0.3, -0.25) is 4.79 Å². The molecule has 7 heteroatoms. The molecule has 2 aliphatic rings. The third-order valence-electron chi connectivity index (χ3n) is 4.11. The van der Waals surface area contributed by atoms with Crippen molar-refractivity contribution in [3.63, 3.8) is 0 Å². The van der Waals surface area contributed by atoms with Gasteiger partial charge in [0.05, 0.1) is 10.8 Å². The molecule has 0 saturated carbocycles. The van der Waals surface area contributed by atoms with Crippen LogP contribution >= 0.6 is 0 Å². The first-order chi connectivity index (χ1) is 9.89. The van der Waals surface area contributed by atoms with Crippen molar-refractivity contribution >= 4 is 21.6 Å². The van der Waals surface area contributed by atoms with E-state index in [0.29, 0.717) is 25.3 Å². The Balaban J connectivity index is 1.95. The van der Waals surface area contributed by atoms with Crippen LogP contribution in [0.1, 0.15) is 25.3 Å². The zero-order valence-corrected chi connectivity index (χ0v) is 12.9. The number of sulfonamides is 1. The standard InChI is InChI=1S/C14H19N3O3S/c1-9-8-17(6-5-15-9)21(19,20)11-3-4-13-12(7-11)10(2)14(18)16-13/h3-4,7,9-10,15H,5-6,8H2,1-2H3,(H,16,18). The van der Waals surface area contributed by atoms with E-state index in [2.05, 4.69) is 10.6 Å². The quantitative estimate of drug-likeness (QED) is 0.844. The lowest BCUT2D eigenvalue weighted by atomic mass is 10.0. The second-order valence-electron chi connectivity index (χ2n) is 5.68. The SMILES string of the molecule is CC1CN(S(=O)(=O)c2ccc3c(c2)C(C)C(=O)N3)CCN1. The molecule has 0 bridgehead atoms. The van der Waals surface area contributed by atoms with E-state index in [4.69, 9.17) is 0 Å². The second-order valence-corrected chi connectivity index (χ2v) is 7.62. The van der Waals surface area contributed by atoms with Crippen LogP contribution in [0.3, 0.4) is 0 Å². The predicted octanol–water partition coefficient (Wildman–Crippen LogP) is 0.725. The summed E-state index contributed by atoms with van der Waals surface area (Å²) in [6, 6.07) is 5.01. The molecule has 1 aromatic rings. The van der Waals surface area contributed by atoms with Crippen LogP contribution in [0.5, 0.6) is 0 Å². The van der Waals surface area contributed by atoms with Gasteiger partial charge in [0, 0.05) is 31.4 Å². The highest BCUT2D eigenvalue weighted by molar-refractivity contribution is 7.89. The van der Waals surface area contributed by atoms with Crippen molar-refractivity contribution in [2.75, 3.05) is 25.0 Å². The van der Waals surface area contributed by atoms with Crippen LogP contribution < -0.4 is 10.6 Å². The van der Waals surface area contributed by atoms with Gasteiger partial charge in [-0.25, -0.2) is 8.42 Å². The first kappa shape index (κ1) is 14.5. The fourth-order valence-electron chi connectivity index (χ4n) is 2.82. The van der Waals surface area contributed by atoms with E-state index in [1.807, 2.05) is 6.92 Å². The first-order valence-electron chi connectivity index (χ1n) is 7.08. The van der Waals surface area contributed by atoms with Crippen molar-refractivity contribution in [3.05, 3.63) is 23.8 Å². The molecular formula is C14H19N3O3S. The molecule has 0 radical (unpaired) electrons. The highest BCUT2D eigenvalue weighted by atomic mass is 32.2. The highest BCUT2D eigenvalue weighted by Gasteiger charge is 2.32. The lowest BCUT2D eigenvalue weighted by Crippen LogP contribution is -2.51. The molecule has 1 saturated heterocycles. The largest absolute Gasteiger partial charge is 0.325 e. The minimum Gasteiger partial charge on any atom is -0.325 e. The number of nitrogens with zero attached hydrogens (tertiary/aromatic N) is 1. The number of nitrogens with one attached hydrogen (secondary N) is 2. The number of anilines is 1. The van der Waals surface area contributed by atoms with Crippen molar-refractivity contribution in [1.29, 1.82) is 0 Å². The summed E-state index contributed by atoms with van der Waals surface area (Å²) < 4.78 is 26.9. The van der Waals surface area contributed by atoms with Crippen LogP contribution in [0.2, 0.25) is 0 Å². The number of piperazine rings is 1. The van der Waals surface area contributed by atoms with Gasteiger partial charge < -0.3 is 10.6 Å². The van der Waals surface area contributed by atoms with Crippen LogP contribution in [0, 0.1) is 0 Å². The minimum atomic E-state index is -3.50. The molecule has 3 rings (SSSR count). The summed E-state index contributed by atoms with van der Waals surface area (Å²) in [5.74, 6) is -0.396. The van der Waals surface area contributed by atoms with Gasteiger partial charge in [-0.15, -0.1) is 0 Å². The zero-order valence-electron chi connectivity index (χ0n) is 12.1. The molecule has 6 nitrogen and oxygen atoms in total. The molecule has 21 heavy (non-hydrogen) atoms. The summed E-state index contributed by atoms with van der Waals surface area (Å²) in [6.45, 7) is 5.34. The maximum atomic E-state index is 12.7. The summed E-state index contributed by atoms with van der Waals surface area (Å²) in [6.07, 6.45) is 0. The van der Waals surface area contributed by atoms with E-state index < -0.39 is 10.0 Å². The molecule has 2 atom stereocenters. The summed E-state index contributed by atoms with van der Waals surface area (Å²) >= 11 is 0. The maximum absolute atomic E-state index is 12.7. The second kappa shape index (κ2) is 5.08. The fraction of sp³-hybridized carbons (Fsp3) is 0.500. The molecule has 2 N–H and O–H groups in total. The molecule has 1 fully saturated rings. The molecule has 0 aliphatic carbocycles. The Hall–Kier alpha value is -1.44. The molecule has 2 aliphatic heterocycles. The lowest BCUT2D eigenvalue weighted by Gasteiger charge is -2.31. The van der Waals surface area contributed by atoms with Crippen molar-refractivity contribution < 1.29 is 13.2 Å². The summed E-state index contributed by atoms with van der Waals surface area (Å²) in [4.78, 5) is 11.9. The minimum absolute atomic E-state index is 0.0876. The van der Waals surface area contributed by atoms with Gasteiger partial charge in [0.15, 0.2) is 0 Å². The molecular weight excluding hydrogens is 290 g/mol. The summed E-state index contributed by atoms with van der Waals surface area (Å²) in [5, 5.41) is 5.98. The van der Waals surface area contributed by atoms with Crippen LogP contribution in [0.15, 0.2) is 23.1 Å². The third-order valence-corrected chi connectivity index (χ3v) is 5.97. The smallest absolute Gasteiger partial charge is 0.243 e. The molecule has 2 unspecified atom stereocenters. The molecule has 1 amide bonds. The van der Waals surface area contributed by atoms with Crippen molar-refractivity contribution in [1.82, 2.24) is 9.62 Å². The van der Waals surface area contributed by atoms with Crippen molar-refractivity contribution in [3.8, 4) is 0 Å². The number of fused-ring (bicyclic) bond motifs is 1. The number of hydrogen-bond acceptors (Lipinski definition) is 4. The average Bonchev–Trinajstić information content (AvgIpc) is 2.74. The fourth-order valence-corrected chi connectivity index (χ4v) is 4.39. The van der Waals surface area contributed by atoms with Gasteiger partial charge >= 0.3 is 0 Å². The number of carbonyl (C=O) groups excluding carboxylic acids is 1. The Kier molecular flexibility index (Phi) is 3.51. The molecule has 1 aromatic carbocycles. The van der Waals surface area contributed by atoms with Gasteiger partial charge in [0.25, 0.3) is 0 Å². The number of hydrogen-bond donors (Lipinski definition) is 2. The van der Waals surface area contributed by atoms with E-state index in [9.17, 15) is 13.2 Å². The number of amides is 1. The Morgan fingerprint density at radius 1 is 1.29 bits per heavy atom. The lowest BCUT2D eigenvalue weighted by molar-refractivity contribution is -0.116. The Labute approximate surface area is 124 Å².